The zero-order valence-corrected chi connectivity index (χ0v) is 9.81. The van der Waals surface area contributed by atoms with E-state index in [1.807, 2.05) is 0 Å². The molecule has 0 aromatic heterocycles. The Morgan fingerprint density at radius 2 is 2.14 bits per heavy atom. The lowest BCUT2D eigenvalue weighted by atomic mass is 9.84. The lowest BCUT2D eigenvalue weighted by molar-refractivity contribution is 0.281. The highest BCUT2D eigenvalue weighted by Crippen LogP contribution is 2.27. The van der Waals surface area contributed by atoms with Crippen molar-refractivity contribution >= 4 is 0 Å². The second-order valence-electron chi connectivity index (χ2n) is 4.56. The van der Waals surface area contributed by atoms with Crippen molar-refractivity contribution < 1.29 is 0 Å². The van der Waals surface area contributed by atoms with Gasteiger partial charge in [-0.25, -0.2) is 0 Å². The van der Waals surface area contributed by atoms with Crippen molar-refractivity contribution in [2.24, 2.45) is 5.92 Å². The average molecular weight is 195 g/mol. The molecule has 1 N–H and O–H groups in total. The summed E-state index contributed by atoms with van der Waals surface area (Å²) in [7, 11) is 0. The quantitative estimate of drug-likeness (QED) is 0.657. The summed E-state index contributed by atoms with van der Waals surface area (Å²) in [5.41, 5.74) is 1.25. The molecule has 1 aliphatic rings. The maximum atomic E-state index is 4.03. The summed E-state index contributed by atoms with van der Waals surface area (Å²) in [5, 5.41) is 3.55. The Morgan fingerprint density at radius 1 is 1.36 bits per heavy atom. The number of hydrogen-bond donors (Lipinski definition) is 1. The molecule has 0 saturated carbocycles. The summed E-state index contributed by atoms with van der Waals surface area (Å²) in [6.45, 7) is 8.59. The zero-order chi connectivity index (χ0) is 10.4. The molecule has 0 bridgehead atoms. The van der Waals surface area contributed by atoms with Gasteiger partial charge >= 0.3 is 0 Å². The molecule has 0 spiro atoms. The van der Waals surface area contributed by atoms with Crippen molar-refractivity contribution in [3.05, 3.63) is 12.3 Å². The Labute approximate surface area is 89.0 Å². The molecule has 14 heavy (non-hydrogen) atoms. The summed E-state index contributed by atoms with van der Waals surface area (Å²) >= 11 is 0. The Morgan fingerprint density at radius 3 is 2.79 bits per heavy atom. The Balaban J connectivity index is 2.30. The maximum Gasteiger partial charge on any atom is 0.0283 e. The predicted octanol–water partition coefficient (Wildman–Crippen LogP) is 3.86. The summed E-state index contributed by atoms with van der Waals surface area (Å²) in [6.07, 6.45) is 9.34. The molecule has 0 aromatic carbocycles. The first kappa shape index (κ1) is 11.6. The van der Waals surface area contributed by atoms with E-state index in [1.54, 1.807) is 0 Å². The van der Waals surface area contributed by atoms with E-state index in [4.69, 9.17) is 0 Å². The van der Waals surface area contributed by atoms with E-state index < -0.39 is 0 Å². The highest BCUT2D eigenvalue weighted by molar-refractivity contribution is 5.00. The zero-order valence-electron chi connectivity index (χ0n) is 9.81. The molecule has 0 amide bonds. The summed E-state index contributed by atoms with van der Waals surface area (Å²) in [5.74, 6) is 0.900. The molecule has 1 fully saturated rings. The highest BCUT2D eigenvalue weighted by Gasteiger charge is 2.23. The van der Waals surface area contributed by atoms with Gasteiger partial charge in [-0.1, -0.05) is 39.7 Å². The van der Waals surface area contributed by atoms with E-state index in [2.05, 4.69) is 25.7 Å². The van der Waals surface area contributed by atoms with Gasteiger partial charge in [0.05, 0.1) is 0 Å². The van der Waals surface area contributed by atoms with Gasteiger partial charge in [-0.05, 0) is 31.6 Å². The van der Waals surface area contributed by atoms with Crippen LogP contribution in [0.1, 0.15) is 58.8 Å². The molecule has 2 unspecified atom stereocenters. The summed E-state index contributed by atoms with van der Waals surface area (Å²) < 4.78 is 0. The van der Waals surface area contributed by atoms with E-state index in [0.717, 1.165) is 5.92 Å². The fraction of sp³-hybridized carbons (Fsp3) is 0.846. The van der Waals surface area contributed by atoms with Crippen LogP contribution in [0.5, 0.6) is 0 Å². The van der Waals surface area contributed by atoms with Crippen LogP contribution in [0.25, 0.3) is 0 Å². The molecule has 2 atom stereocenters. The van der Waals surface area contributed by atoms with Crippen LogP contribution in [0.3, 0.4) is 0 Å². The molecule has 1 heteroatoms. The van der Waals surface area contributed by atoms with E-state index in [1.165, 1.54) is 50.6 Å². The van der Waals surface area contributed by atoms with Gasteiger partial charge in [0.1, 0.15) is 0 Å². The lowest BCUT2D eigenvalue weighted by Gasteiger charge is -2.34. The number of piperidine rings is 1. The summed E-state index contributed by atoms with van der Waals surface area (Å²) in [6, 6.07) is 0.702. The maximum absolute atomic E-state index is 4.03. The van der Waals surface area contributed by atoms with Crippen molar-refractivity contribution in [1.82, 2.24) is 5.32 Å². The fourth-order valence-electron chi connectivity index (χ4n) is 2.45. The Kier molecular flexibility index (Phi) is 5.06. The van der Waals surface area contributed by atoms with E-state index >= 15 is 0 Å². The first-order valence-electron chi connectivity index (χ1n) is 6.22. The Hall–Kier alpha value is -0.460. The van der Waals surface area contributed by atoms with Gasteiger partial charge in [-0.2, -0.15) is 0 Å². The van der Waals surface area contributed by atoms with Crippen LogP contribution in [-0.2, 0) is 0 Å². The molecule has 0 aliphatic carbocycles. The van der Waals surface area contributed by atoms with Crippen LogP contribution in [0.15, 0.2) is 12.3 Å². The summed E-state index contributed by atoms with van der Waals surface area (Å²) in [4.78, 5) is 0. The smallest absolute Gasteiger partial charge is 0.0283 e. The highest BCUT2D eigenvalue weighted by atomic mass is 14.9. The number of allylic oxidation sites excluding steroid dienone is 1. The van der Waals surface area contributed by atoms with Crippen molar-refractivity contribution in [3.63, 3.8) is 0 Å². The van der Waals surface area contributed by atoms with Crippen molar-refractivity contribution in [2.75, 3.05) is 0 Å². The normalized spacial score (nSPS) is 27.4. The minimum atomic E-state index is 0.702. The van der Waals surface area contributed by atoms with Crippen LogP contribution >= 0.6 is 0 Å². The molecule has 82 valence electrons. The second kappa shape index (κ2) is 6.10. The number of nitrogens with one attached hydrogen (secondary N) is 1. The molecular weight excluding hydrogens is 170 g/mol. The third-order valence-corrected chi connectivity index (χ3v) is 3.39. The molecule has 1 nitrogen and oxygen atoms in total. The minimum absolute atomic E-state index is 0.702. The van der Waals surface area contributed by atoms with Gasteiger partial charge < -0.3 is 5.32 Å². The third-order valence-electron chi connectivity index (χ3n) is 3.39. The molecular formula is C13H25N. The third kappa shape index (κ3) is 3.36. The lowest BCUT2D eigenvalue weighted by Crippen LogP contribution is -2.39. The standard InChI is InChI=1S/C13H25N/c1-4-6-7-8-12-10-9-11(3)14-13(12)5-2/h12-14H,3-10H2,1-2H3. The van der Waals surface area contributed by atoms with Crippen molar-refractivity contribution in [2.45, 2.75) is 64.8 Å². The van der Waals surface area contributed by atoms with Crippen LogP contribution in [0.4, 0.5) is 0 Å². The van der Waals surface area contributed by atoms with Gasteiger partial charge in [0.25, 0.3) is 0 Å². The fourth-order valence-corrected chi connectivity index (χ4v) is 2.45. The van der Waals surface area contributed by atoms with Gasteiger partial charge in [-0.15, -0.1) is 0 Å². The predicted molar refractivity (Wildman–Crippen MR) is 63.2 cm³/mol. The molecule has 1 saturated heterocycles. The van der Waals surface area contributed by atoms with Gasteiger partial charge in [0.2, 0.25) is 0 Å². The molecule has 1 aliphatic heterocycles. The average Bonchev–Trinajstić information content (AvgIpc) is 2.20. The first-order valence-corrected chi connectivity index (χ1v) is 6.22. The molecule has 1 heterocycles. The topological polar surface area (TPSA) is 12.0 Å². The van der Waals surface area contributed by atoms with Crippen LogP contribution in [-0.4, -0.2) is 6.04 Å². The number of unbranched alkanes of at least 4 members (excludes halogenated alkanes) is 2. The second-order valence-corrected chi connectivity index (χ2v) is 4.56. The molecule has 1 rings (SSSR count). The first-order chi connectivity index (χ1) is 6.77. The van der Waals surface area contributed by atoms with Crippen LogP contribution in [0.2, 0.25) is 0 Å². The van der Waals surface area contributed by atoms with Crippen molar-refractivity contribution in [1.29, 1.82) is 0 Å². The monoisotopic (exact) mass is 195 g/mol. The number of rotatable bonds is 5. The van der Waals surface area contributed by atoms with E-state index in [9.17, 15) is 0 Å². The van der Waals surface area contributed by atoms with Gasteiger partial charge in [0, 0.05) is 11.7 Å². The van der Waals surface area contributed by atoms with Gasteiger partial charge in [0.15, 0.2) is 0 Å². The minimum Gasteiger partial charge on any atom is -0.386 e. The molecule has 0 radical (unpaired) electrons. The largest absolute Gasteiger partial charge is 0.386 e. The molecule has 0 aromatic rings. The van der Waals surface area contributed by atoms with Gasteiger partial charge in [-0.3, -0.25) is 0 Å². The Bertz CT molecular complexity index is 174. The van der Waals surface area contributed by atoms with Crippen molar-refractivity contribution in [3.8, 4) is 0 Å². The van der Waals surface area contributed by atoms with E-state index in [-0.39, 0.29) is 0 Å². The number of hydrogen-bond acceptors (Lipinski definition) is 1. The SMILES string of the molecule is C=C1CCC(CCCCC)C(CC)N1. The van der Waals surface area contributed by atoms with E-state index in [0.29, 0.717) is 6.04 Å². The van der Waals surface area contributed by atoms with Crippen LogP contribution < -0.4 is 5.32 Å². The van der Waals surface area contributed by atoms with Crippen LogP contribution in [0, 0.1) is 5.92 Å².